The number of aliphatic carboxylic acids is 1. The van der Waals surface area contributed by atoms with Crippen molar-refractivity contribution in [1.29, 1.82) is 0 Å². The van der Waals surface area contributed by atoms with Gasteiger partial charge in [-0.2, -0.15) is 0 Å². The molecule has 1 N–H and O–H groups in total. The number of benzene rings is 1. The molecule has 5 heteroatoms. The summed E-state index contributed by atoms with van der Waals surface area (Å²) in [7, 11) is -3.57. The normalized spacial score (nSPS) is 13.4. The molecule has 1 aromatic rings. The van der Waals surface area contributed by atoms with Crippen LogP contribution in [0.1, 0.15) is 11.1 Å². The average molecular weight is 242 g/mol. The van der Waals surface area contributed by atoms with Gasteiger partial charge < -0.3 is 5.11 Å². The molecule has 0 fully saturated rings. The molecular formula is C11H14O4S. The number of rotatable bonds is 4. The number of carboxylic acid groups (broad SMARTS) is 1. The summed E-state index contributed by atoms with van der Waals surface area (Å²) in [5.41, 5.74) is 1.76. The average Bonchev–Trinajstić information content (AvgIpc) is 2.14. The summed E-state index contributed by atoms with van der Waals surface area (Å²) in [4.78, 5) is 10.8. The van der Waals surface area contributed by atoms with E-state index < -0.39 is 21.1 Å². The lowest BCUT2D eigenvalue weighted by Crippen LogP contribution is -2.31. The highest BCUT2D eigenvalue weighted by Crippen LogP contribution is 2.11. The van der Waals surface area contributed by atoms with Crippen LogP contribution in [0.4, 0.5) is 0 Å². The van der Waals surface area contributed by atoms with Crippen molar-refractivity contribution in [1.82, 2.24) is 0 Å². The van der Waals surface area contributed by atoms with Gasteiger partial charge in [-0.1, -0.05) is 29.8 Å². The van der Waals surface area contributed by atoms with Crippen LogP contribution in [-0.4, -0.2) is 31.0 Å². The molecule has 1 unspecified atom stereocenters. The molecule has 0 heterocycles. The first kappa shape index (κ1) is 12.7. The smallest absolute Gasteiger partial charge is 0.322 e. The lowest BCUT2D eigenvalue weighted by atomic mass is 10.1. The maximum atomic E-state index is 11.3. The minimum absolute atomic E-state index is 0.00838. The van der Waals surface area contributed by atoms with E-state index in [1.54, 1.807) is 12.1 Å². The van der Waals surface area contributed by atoms with Gasteiger partial charge in [-0.25, -0.2) is 8.42 Å². The molecule has 0 spiro atoms. The summed E-state index contributed by atoms with van der Waals surface area (Å²) >= 11 is 0. The van der Waals surface area contributed by atoms with Gasteiger partial charge in [0, 0.05) is 6.26 Å². The first-order chi connectivity index (χ1) is 7.30. The van der Waals surface area contributed by atoms with Crippen LogP contribution in [0.15, 0.2) is 24.3 Å². The minimum atomic E-state index is -3.57. The second-order valence-electron chi connectivity index (χ2n) is 3.85. The van der Waals surface area contributed by atoms with E-state index in [-0.39, 0.29) is 6.42 Å². The van der Waals surface area contributed by atoms with Gasteiger partial charge in [0.2, 0.25) is 0 Å². The third kappa shape index (κ3) is 3.34. The van der Waals surface area contributed by atoms with Gasteiger partial charge in [-0.3, -0.25) is 4.79 Å². The van der Waals surface area contributed by atoms with Gasteiger partial charge >= 0.3 is 5.97 Å². The molecule has 0 aliphatic heterocycles. The Morgan fingerprint density at radius 1 is 1.31 bits per heavy atom. The molecule has 0 saturated carbocycles. The van der Waals surface area contributed by atoms with E-state index >= 15 is 0 Å². The Hall–Kier alpha value is -1.36. The summed E-state index contributed by atoms with van der Waals surface area (Å²) in [5.74, 6) is -1.30. The molecule has 16 heavy (non-hydrogen) atoms. The third-order valence-corrected chi connectivity index (χ3v) is 3.74. The van der Waals surface area contributed by atoms with Gasteiger partial charge in [0.1, 0.15) is 0 Å². The van der Waals surface area contributed by atoms with E-state index in [4.69, 9.17) is 5.11 Å². The Bertz CT molecular complexity index is 473. The van der Waals surface area contributed by atoms with Crippen molar-refractivity contribution in [2.75, 3.05) is 6.26 Å². The molecule has 88 valence electrons. The van der Waals surface area contributed by atoms with E-state index in [1.165, 1.54) is 0 Å². The third-order valence-electron chi connectivity index (χ3n) is 2.33. The number of carbonyl (C=O) groups is 1. The van der Waals surface area contributed by atoms with Crippen LogP contribution in [0.2, 0.25) is 0 Å². The van der Waals surface area contributed by atoms with Crippen molar-refractivity contribution in [2.24, 2.45) is 0 Å². The van der Waals surface area contributed by atoms with Crippen LogP contribution in [0.5, 0.6) is 0 Å². The second-order valence-corrected chi connectivity index (χ2v) is 6.07. The molecule has 0 aliphatic rings. The fraction of sp³-hybridized carbons (Fsp3) is 0.364. The zero-order valence-electron chi connectivity index (χ0n) is 9.17. The number of hydrogen-bond donors (Lipinski definition) is 1. The molecule has 4 nitrogen and oxygen atoms in total. The molecular weight excluding hydrogens is 228 g/mol. The summed E-state index contributed by atoms with van der Waals surface area (Å²) in [6.45, 7) is 1.91. The summed E-state index contributed by atoms with van der Waals surface area (Å²) in [6, 6.07) is 7.15. The van der Waals surface area contributed by atoms with Gasteiger partial charge in [-0.15, -0.1) is 0 Å². The summed E-state index contributed by atoms with van der Waals surface area (Å²) < 4.78 is 22.5. The predicted molar refractivity (Wildman–Crippen MR) is 61.2 cm³/mol. The summed E-state index contributed by atoms with van der Waals surface area (Å²) in [6.07, 6.45) is 0.953. The van der Waals surface area contributed by atoms with Crippen molar-refractivity contribution < 1.29 is 18.3 Å². The first-order valence-electron chi connectivity index (χ1n) is 4.78. The first-order valence-corrected chi connectivity index (χ1v) is 6.73. The predicted octanol–water partition coefficient (Wildman–Crippen LogP) is 1.04. The molecule has 1 atom stereocenters. The molecule has 0 saturated heterocycles. The Labute approximate surface area is 94.8 Å². The van der Waals surface area contributed by atoms with Gasteiger partial charge in [-0.05, 0) is 18.9 Å². The van der Waals surface area contributed by atoms with Gasteiger partial charge in [0.05, 0.1) is 0 Å². The number of carboxylic acids is 1. The maximum Gasteiger partial charge on any atom is 0.322 e. The number of hydrogen-bond acceptors (Lipinski definition) is 3. The molecule has 0 aromatic heterocycles. The monoisotopic (exact) mass is 242 g/mol. The van der Waals surface area contributed by atoms with E-state index in [2.05, 4.69) is 0 Å². The quantitative estimate of drug-likeness (QED) is 0.856. The highest BCUT2D eigenvalue weighted by Gasteiger charge is 2.28. The maximum absolute atomic E-state index is 11.3. The minimum Gasteiger partial charge on any atom is -0.480 e. The second kappa shape index (κ2) is 4.65. The lowest BCUT2D eigenvalue weighted by molar-refractivity contribution is -0.136. The van der Waals surface area contributed by atoms with Crippen molar-refractivity contribution >= 4 is 15.8 Å². The Kier molecular flexibility index (Phi) is 3.70. The number of aryl methyl sites for hydroxylation is 1. The molecule has 1 aromatic carbocycles. The van der Waals surface area contributed by atoms with Crippen molar-refractivity contribution in [3.8, 4) is 0 Å². The fourth-order valence-corrected chi connectivity index (χ4v) is 2.22. The van der Waals surface area contributed by atoms with E-state index in [0.29, 0.717) is 5.56 Å². The van der Waals surface area contributed by atoms with Gasteiger partial charge in [0.25, 0.3) is 0 Å². The molecule has 0 bridgehead atoms. The Morgan fingerprint density at radius 2 is 1.81 bits per heavy atom. The highest BCUT2D eigenvalue weighted by molar-refractivity contribution is 7.92. The largest absolute Gasteiger partial charge is 0.480 e. The fourth-order valence-electron chi connectivity index (χ4n) is 1.36. The van der Waals surface area contributed by atoms with Crippen LogP contribution in [0.3, 0.4) is 0 Å². The lowest BCUT2D eigenvalue weighted by Gasteiger charge is -2.10. The van der Waals surface area contributed by atoms with E-state index in [1.807, 2.05) is 19.1 Å². The van der Waals surface area contributed by atoms with Crippen molar-refractivity contribution in [3.63, 3.8) is 0 Å². The van der Waals surface area contributed by atoms with Crippen LogP contribution in [0.25, 0.3) is 0 Å². The van der Waals surface area contributed by atoms with E-state index in [9.17, 15) is 13.2 Å². The van der Waals surface area contributed by atoms with Crippen LogP contribution >= 0.6 is 0 Å². The van der Waals surface area contributed by atoms with Crippen LogP contribution in [-0.2, 0) is 21.1 Å². The van der Waals surface area contributed by atoms with Crippen molar-refractivity contribution in [2.45, 2.75) is 18.6 Å². The number of sulfone groups is 1. The van der Waals surface area contributed by atoms with E-state index in [0.717, 1.165) is 11.8 Å². The van der Waals surface area contributed by atoms with Crippen molar-refractivity contribution in [3.05, 3.63) is 35.4 Å². The molecule has 0 aliphatic carbocycles. The standard InChI is InChI=1S/C11H14O4S/c1-8-3-5-9(6-4-8)7-10(11(12)13)16(2,14)15/h3-6,10H,7H2,1-2H3,(H,12,13). The summed E-state index contributed by atoms with van der Waals surface area (Å²) in [5, 5.41) is 7.48. The van der Waals surface area contributed by atoms with Crippen LogP contribution in [0, 0.1) is 6.92 Å². The highest BCUT2D eigenvalue weighted by atomic mass is 32.2. The Morgan fingerprint density at radius 3 is 2.19 bits per heavy atom. The SMILES string of the molecule is Cc1ccc(CC(C(=O)O)S(C)(=O)=O)cc1. The zero-order chi connectivity index (χ0) is 12.3. The van der Waals surface area contributed by atoms with Gasteiger partial charge in [0.15, 0.2) is 15.1 Å². The topological polar surface area (TPSA) is 71.4 Å². The zero-order valence-corrected chi connectivity index (χ0v) is 9.99. The van der Waals surface area contributed by atoms with Crippen LogP contribution < -0.4 is 0 Å². The molecule has 0 radical (unpaired) electrons. The molecule has 1 rings (SSSR count). The molecule has 0 amide bonds. The Balaban J connectivity index is 2.93.